The van der Waals surface area contributed by atoms with Gasteiger partial charge in [-0.2, -0.15) is 4.52 Å². The summed E-state index contributed by atoms with van der Waals surface area (Å²) in [5, 5.41) is 20.9. The molecule has 2 aromatic rings. The van der Waals surface area contributed by atoms with E-state index in [2.05, 4.69) is 20.5 Å². The minimum absolute atomic E-state index is 0.577. The SMILES string of the molecule is CC1(O)CN(c2cncc3nnnn23)C1. The van der Waals surface area contributed by atoms with E-state index in [1.807, 2.05) is 4.90 Å². The molecule has 15 heavy (non-hydrogen) atoms. The Morgan fingerprint density at radius 2 is 2.20 bits per heavy atom. The molecule has 2 aromatic heterocycles. The zero-order chi connectivity index (χ0) is 10.5. The zero-order valence-corrected chi connectivity index (χ0v) is 8.20. The fourth-order valence-corrected chi connectivity index (χ4v) is 1.82. The Morgan fingerprint density at radius 1 is 1.40 bits per heavy atom. The highest BCUT2D eigenvalue weighted by Gasteiger charge is 2.37. The Labute approximate surface area is 85.3 Å². The molecule has 7 nitrogen and oxygen atoms in total. The van der Waals surface area contributed by atoms with E-state index >= 15 is 0 Å². The summed E-state index contributed by atoms with van der Waals surface area (Å²) in [5.41, 5.74) is -0.00468. The maximum atomic E-state index is 9.64. The van der Waals surface area contributed by atoms with Crippen molar-refractivity contribution in [3.8, 4) is 0 Å². The summed E-state index contributed by atoms with van der Waals surface area (Å²) in [7, 11) is 0. The van der Waals surface area contributed by atoms with Crippen LogP contribution in [-0.4, -0.2) is 48.8 Å². The van der Waals surface area contributed by atoms with E-state index in [1.54, 1.807) is 23.8 Å². The lowest BCUT2D eigenvalue weighted by Gasteiger charge is -2.44. The standard InChI is InChI=1S/C8H10N6O/c1-8(15)4-13(5-8)7-3-9-2-6-10-11-12-14(6)7/h2-3,15H,4-5H2,1H3. The Hall–Kier alpha value is -1.76. The quantitative estimate of drug-likeness (QED) is 0.650. The fourth-order valence-electron chi connectivity index (χ4n) is 1.82. The molecular formula is C8H10N6O. The number of hydrogen-bond donors (Lipinski definition) is 1. The maximum absolute atomic E-state index is 9.64. The molecule has 0 aliphatic carbocycles. The van der Waals surface area contributed by atoms with Crippen LogP contribution in [0.25, 0.3) is 5.65 Å². The molecule has 0 bridgehead atoms. The summed E-state index contributed by atoms with van der Waals surface area (Å²) < 4.78 is 1.61. The Morgan fingerprint density at radius 3 is 2.93 bits per heavy atom. The van der Waals surface area contributed by atoms with Crippen LogP contribution < -0.4 is 4.90 Å². The largest absolute Gasteiger partial charge is 0.386 e. The molecule has 1 aliphatic heterocycles. The predicted molar refractivity (Wildman–Crippen MR) is 51.4 cm³/mol. The molecule has 1 aliphatic rings. The summed E-state index contributed by atoms with van der Waals surface area (Å²) in [6.07, 6.45) is 3.29. The summed E-state index contributed by atoms with van der Waals surface area (Å²) >= 11 is 0. The first-order valence-electron chi connectivity index (χ1n) is 4.65. The second-order valence-corrected chi connectivity index (χ2v) is 4.07. The topological polar surface area (TPSA) is 79.4 Å². The minimum Gasteiger partial charge on any atom is -0.386 e. The lowest BCUT2D eigenvalue weighted by Crippen LogP contribution is -2.60. The minimum atomic E-state index is -0.615. The van der Waals surface area contributed by atoms with Crippen LogP contribution in [0.15, 0.2) is 12.4 Å². The monoisotopic (exact) mass is 206 g/mol. The van der Waals surface area contributed by atoms with Crippen LogP contribution >= 0.6 is 0 Å². The van der Waals surface area contributed by atoms with Crippen LogP contribution in [0.5, 0.6) is 0 Å². The van der Waals surface area contributed by atoms with Crippen molar-refractivity contribution in [2.75, 3.05) is 18.0 Å². The van der Waals surface area contributed by atoms with Gasteiger partial charge in [0.05, 0.1) is 18.0 Å². The first kappa shape index (κ1) is 8.54. The van der Waals surface area contributed by atoms with Crippen molar-refractivity contribution in [2.24, 2.45) is 0 Å². The molecule has 1 N–H and O–H groups in total. The van der Waals surface area contributed by atoms with Gasteiger partial charge in [-0.3, -0.25) is 4.98 Å². The number of nitrogens with zero attached hydrogens (tertiary/aromatic N) is 6. The van der Waals surface area contributed by atoms with E-state index in [-0.39, 0.29) is 0 Å². The molecule has 7 heteroatoms. The van der Waals surface area contributed by atoms with Gasteiger partial charge in [0.1, 0.15) is 0 Å². The van der Waals surface area contributed by atoms with Crippen molar-refractivity contribution in [3.63, 3.8) is 0 Å². The Balaban J connectivity index is 2.02. The van der Waals surface area contributed by atoms with E-state index in [0.29, 0.717) is 18.7 Å². The first-order chi connectivity index (χ1) is 7.16. The molecule has 1 saturated heterocycles. The van der Waals surface area contributed by atoms with Crippen molar-refractivity contribution in [1.82, 2.24) is 25.0 Å². The van der Waals surface area contributed by atoms with Gasteiger partial charge in [-0.05, 0) is 17.4 Å². The maximum Gasteiger partial charge on any atom is 0.199 e. The van der Waals surface area contributed by atoms with E-state index in [0.717, 1.165) is 5.82 Å². The summed E-state index contributed by atoms with van der Waals surface area (Å²) in [6.45, 7) is 2.96. The second kappa shape index (κ2) is 2.63. The molecule has 0 atom stereocenters. The van der Waals surface area contributed by atoms with Gasteiger partial charge < -0.3 is 10.0 Å². The van der Waals surface area contributed by atoms with Gasteiger partial charge in [0.15, 0.2) is 11.5 Å². The lowest BCUT2D eigenvalue weighted by molar-refractivity contribution is 0.0302. The third-order valence-electron chi connectivity index (χ3n) is 2.48. The molecule has 0 saturated carbocycles. The van der Waals surface area contributed by atoms with Crippen molar-refractivity contribution < 1.29 is 5.11 Å². The molecule has 78 valence electrons. The van der Waals surface area contributed by atoms with Crippen molar-refractivity contribution in [3.05, 3.63) is 12.4 Å². The molecule has 0 amide bonds. The summed E-state index contributed by atoms with van der Waals surface area (Å²) in [4.78, 5) is 6.03. The average Bonchev–Trinajstić information content (AvgIpc) is 2.60. The smallest absolute Gasteiger partial charge is 0.199 e. The molecule has 3 rings (SSSR count). The average molecular weight is 206 g/mol. The van der Waals surface area contributed by atoms with E-state index in [1.165, 1.54) is 0 Å². The number of anilines is 1. The predicted octanol–water partition coefficient (Wildman–Crippen LogP) is -0.910. The number of fused-ring (bicyclic) bond motifs is 1. The van der Waals surface area contributed by atoms with Crippen LogP contribution in [0.1, 0.15) is 6.92 Å². The normalized spacial score (nSPS) is 19.2. The van der Waals surface area contributed by atoms with Crippen LogP contribution in [-0.2, 0) is 0 Å². The molecule has 3 heterocycles. The Kier molecular flexibility index (Phi) is 1.50. The van der Waals surface area contributed by atoms with Crippen LogP contribution in [0.3, 0.4) is 0 Å². The highest BCUT2D eigenvalue weighted by molar-refractivity contribution is 5.48. The first-order valence-corrected chi connectivity index (χ1v) is 4.65. The highest BCUT2D eigenvalue weighted by atomic mass is 16.3. The molecule has 1 fully saturated rings. The lowest BCUT2D eigenvalue weighted by atomic mass is 9.97. The highest BCUT2D eigenvalue weighted by Crippen LogP contribution is 2.26. The van der Waals surface area contributed by atoms with E-state index in [4.69, 9.17) is 0 Å². The molecular weight excluding hydrogens is 196 g/mol. The molecule has 0 unspecified atom stereocenters. The third kappa shape index (κ3) is 1.23. The van der Waals surface area contributed by atoms with E-state index in [9.17, 15) is 5.11 Å². The van der Waals surface area contributed by atoms with Crippen molar-refractivity contribution in [1.29, 1.82) is 0 Å². The molecule has 0 aromatic carbocycles. The van der Waals surface area contributed by atoms with Gasteiger partial charge in [0, 0.05) is 13.1 Å². The van der Waals surface area contributed by atoms with Crippen molar-refractivity contribution in [2.45, 2.75) is 12.5 Å². The Bertz CT molecular complexity index is 499. The van der Waals surface area contributed by atoms with Gasteiger partial charge in [0.25, 0.3) is 0 Å². The van der Waals surface area contributed by atoms with Gasteiger partial charge in [0.2, 0.25) is 0 Å². The second-order valence-electron chi connectivity index (χ2n) is 4.07. The zero-order valence-electron chi connectivity index (χ0n) is 8.20. The van der Waals surface area contributed by atoms with Gasteiger partial charge in [-0.1, -0.05) is 0 Å². The number of aliphatic hydroxyl groups is 1. The number of aromatic nitrogens is 5. The van der Waals surface area contributed by atoms with Crippen molar-refractivity contribution >= 4 is 11.5 Å². The molecule has 0 spiro atoms. The number of rotatable bonds is 1. The van der Waals surface area contributed by atoms with Gasteiger partial charge in [-0.25, -0.2) is 0 Å². The van der Waals surface area contributed by atoms with Crippen LogP contribution in [0, 0.1) is 0 Å². The van der Waals surface area contributed by atoms with E-state index < -0.39 is 5.60 Å². The number of hydrogen-bond acceptors (Lipinski definition) is 6. The number of tetrazole rings is 1. The van der Waals surface area contributed by atoms with Crippen LogP contribution in [0.2, 0.25) is 0 Å². The third-order valence-corrected chi connectivity index (χ3v) is 2.48. The van der Waals surface area contributed by atoms with Gasteiger partial charge >= 0.3 is 0 Å². The fraction of sp³-hybridized carbons (Fsp3) is 0.500. The van der Waals surface area contributed by atoms with Crippen LogP contribution in [0.4, 0.5) is 5.82 Å². The van der Waals surface area contributed by atoms with Gasteiger partial charge in [-0.15, -0.1) is 5.10 Å². The molecule has 0 radical (unpaired) electrons. The summed E-state index contributed by atoms with van der Waals surface area (Å²) in [6, 6.07) is 0. The number of β-amino-alcohol motifs (C(OH)–C–C–N with tert-alkyl or cyclic N) is 1. The summed E-state index contributed by atoms with van der Waals surface area (Å²) in [5.74, 6) is 0.809.